The topological polar surface area (TPSA) is 215 Å². The zero-order valence-corrected chi connectivity index (χ0v) is 32.0. The van der Waals surface area contributed by atoms with Crippen LogP contribution in [0.4, 0.5) is 4.79 Å². The maximum absolute atomic E-state index is 12.6. The van der Waals surface area contributed by atoms with Crippen LogP contribution in [0, 0.1) is 5.92 Å². The first-order chi connectivity index (χ1) is 26.4. The van der Waals surface area contributed by atoms with Crippen LogP contribution in [0.1, 0.15) is 59.4 Å². The zero-order chi connectivity index (χ0) is 39.9. The normalized spacial score (nSPS) is 17.0. The van der Waals surface area contributed by atoms with Crippen molar-refractivity contribution in [3.8, 4) is 5.75 Å². The Morgan fingerprint density at radius 1 is 0.750 bits per heavy atom. The van der Waals surface area contributed by atoms with Crippen LogP contribution in [0.3, 0.4) is 0 Å². The molecule has 1 unspecified atom stereocenters. The molecule has 2 aliphatic rings. The molecule has 304 valence electrons. The average Bonchev–Trinajstić information content (AvgIpc) is 3.65. The van der Waals surface area contributed by atoms with Crippen molar-refractivity contribution in [1.29, 1.82) is 0 Å². The highest BCUT2D eigenvalue weighted by molar-refractivity contribution is 5.95. The van der Waals surface area contributed by atoms with E-state index in [0.29, 0.717) is 31.5 Å². The molecule has 15 nitrogen and oxygen atoms in total. The molecule has 0 spiro atoms. The highest BCUT2D eigenvalue weighted by atomic mass is 16.6. The van der Waals surface area contributed by atoms with Gasteiger partial charge < -0.3 is 49.7 Å². The van der Waals surface area contributed by atoms with Gasteiger partial charge in [-0.2, -0.15) is 0 Å². The number of carbonyl (C=O) groups is 5. The van der Waals surface area contributed by atoms with E-state index in [-0.39, 0.29) is 28.7 Å². The molecular formula is C41H53N3O12. The van der Waals surface area contributed by atoms with Gasteiger partial charge in [-0.3, -0.25) is 0 Å². The lowest BCUT2D eigenvalue weighted by atomic mass is 9.95. The number of benzene rings is 3. The number of aliphatic hydroxyl groups excluding tert-OH is 1. The first-order valence-electron chi connectivity index (χ1n) is 18.5. The number of urea groups is 1. The SMILES string of the molecule is CCN(CC1CCN(C(=O)N2CC[C@H](O)C2)CC1)C(C)Cc1ccc(OC)cc1.O.O=C(O[C@@H](C(=O)O)[C@@H](OC(=O)c1ccccc1)C(=O)O)c1ccccc1. The number of aliphatic hydroxyl groups is 1. The standard InChI is InChI=1S/C23H37N3O3.C18H14O8.H2O/c1-4-24(18(2)15-19-5-7-22(29-3)8-6-19)16-20-9-12-25(13-10-20)23(28)26-14-11-21(27)17-26;19-15(20)13(25-17(23)11-7-3-1-4-8-11)14(16(21)22)26-18(24)12-9-5-2-6-10-12;/h5-8,18,20-21,27H,4,9-17H2,1-3H3;1-10,13-14H,(H,19,20)(H,21,22);1H2/t18?,21-;13-,14-;/m01./s1. The Kier molecular flexibility index (Phi) is 17.7. The van der Waals surface area contributed by atoms with Crippen LogP contribution in [-0.4, -0.2) is 136 Å². The van der Waals surface area contributed by atoms with Crippen molar-refractivity contribution in [2.24, 2.45) is 5.92 Å². The molecule has 2 heterocycles. The van der Waals surface area contributed by atoms with Gasteiger partial charge in [0.1, 0.15) is 5.75 Å². The van der Waals surface area contributed by atoms with Gasteiger partial charge in [0.2, 0.25) is 12.2 Å². The molecule has 0 saturated carbocycles. The number of ether oxygens (including phenoxy) is 3. The van der Waals surface area contributed by atoms with Gasteiger partial charge in [0, 0.05) is 38.8 Å². The molecule has 2 fully saturated rings. The Balaban J connectivity index is 0.000000297. The number of hydrogen-bond donors (Lipinski definition) is 3. The van der Waals surface area contributed by atoms with Gasteiger partial charge in [0.05, 0.1) is 24.3 Å². The van der Waals surface area contributed by atoms with Crippen molar-refractivity contribution >= 4 is 29.9 Å². The Morgan fingerprint density at radius 3 is 1.64 bits per heavy atom. The summed E-state index contributed by atoms with van der Waals surface area (Å²) >= 11 is 0. The summed E-state index contributed by atoms with van der Waals surface area (Å²) in [5, 5.41) is 28.2. The van der Waals surface area contributed by atoms with Gasteiger partial charge in [0.15, 0.2) is 0 Å². The van der Waals surface area contributed by atoms with Crippen LogP contribution < -0.4 is 4.74 Å². The third-order valence-electron chi connectivity index (χ3n) is 9.78. The molecule has 2 saturated heterocycles. The van der Waals surface area contributed by atoms with Gasteiger partial charge in [0.25, 0.3) is 0 Å². The molecule has 5 N–H and O–H groups in total. The summed E-state index contributed by atoms with van der Waals surface area (Å²) in [4.78, 5) is 65.8. The molecule has 5 rings (SSSR count). The summed E-state index contributed by atoms with van der Waals surface area (Å²) in [6.45, 7) is 9.53. The second-order valence-corrected chi connectivity index (χ2v) is 13.7. The molecule has 2 amide bonds. The predicted octanol–water partition coefficient (Wildman–Crippen LogP) is 3.63. The Morgan fingerprint density at radius 2 is 1.23 bits per heavy atom. The van der Waals surface area contributed by atoms with E-state index in [2.05, 4.69) is 30.9 Å². The molecule has 56 heavy (non-hydrogen) atoms. The van der Waals surface area contributed by atoms with Crippen molar-refractivity contribution < 1.29 is 59.0 Å². The van der Waals surface area contributed by atoms with Crippen LogP contribution in [-0.2, 0) is 25.5 Å². The summed E-state index contributed by atoms with van der Waals surface area (Å²) in [7, 11) is 1.70. The van der Waals surface area contributed by atoms with Crippen LogP contribution in [0.15, 0.2) is 84.9 Å². The highest BCUT2D eigenvalue weighted by Gasteiger charge is 2.41. The summed E-state index contributed by atoms with van der Waals surface area (Å²) in [5.41, 5.74) is 1.39. The fraction of sp³-hybridized carbons (Fsp3) is 0.439. The number of carboxylic acid groups (broad SMARTS) is 2. The lowest BCUT2D eigenvalue weighted by Gasteiger charge is -2.38. The predicted molar refractivity (Wildman–Crippen MR) is 205 cm³/mol. The van der Waals surface area contributed by atoms with Crippen LogP contribution >= 0.6 is 0 Å². The molecule has 15 heteroatoms. The molecule has 3 aromatic carbocycles. The summed E-state index contributed by atoms with van der Waals surface area (Å²) in [6.07, 6.45) is -0.906. The zero-order valence-electron chi connectivity index (χ0n) is 32.0. The van der Waals surface area contributed by atoms with E-state index in [4.69, 9.17) is 14.2 Å². The minimum absolute atomic E-state index is 0. The van der Waals surface area contributed by atoms with Gasteiger partial charge in [-0.15, -0.1) is 0 Å². The number of amides is 2. The van der Waals surface area contributed by atoms with E-state index in [9.17, 15) is 39.3 Å². The van der Waals surface area contributed by atoms with Gasteiger partial charge in [-0.1, -0.05) is 55.5 Å². The van der Waals surface area contributed by atoms with Crippen LogP contribution in [0.25, 0.3) is 0 Å². The molecule has 4 atom stereocenters. The fourth-order valence-corrected chi connectivity index (χ4v) is 6.61. The van der Waals surface area contributed by atoms with E-state index >= 15 is 0 Å². The number of likely N-dealkylation sites (tertiary alicyclic amines) is 2. The Hall–Kier alpha value is -5.51. The number of nitrogens with zero attached hydrogens (tertiary/aromatic N) is 3. The van der Waals surface area contributed by atoms with Crippen LogP contribution in [0.2, 0.25) is 0 Å². The first-order valence-corrected chi connectivity index (χ1v) is 18.5. The first kappa shape index (κ1) is 44.9. The quantitative estimate of drug-likeness (QED) is 0.200. The number of methoxy groups -OCH3 is 1. The molecule has 2 aliphatic heterocycles. The smallest absolute Gasteiger partial charge is 0.349 e. The van der Waals surface area contributed by atoms with E-state index in [1.807, 2.05) is 17.0 Å². The van der Waals surface area contributed by atoms with Crippen LogP contribution in [0.5, 0.6) is 5.75 Å². The summed E-state index contributed by atoms with van der Waals surface area (Å²) < 4.78 is 14.8. The molecule has 0 radical (unpaired) electrons. The highest BCUT2D eigenvalue weighted by Crippen LogP contribution is 2.23. The Labute approximate surface area is 326 Å². The van der Waals surface area contributed by atoms with E-state index in [1.54, 1.807) is 24.1 Å². The van der Waals surface area contributed by atoms with Crippen molar-refractivity contribution in [2.75, 3.05) is 46.4 Å². The largest absolute Gasteiger partial charge is 0.497 e. The second kappa shape index (κ2) is 22.1. The Bertz CT molecular complexity index is 1630. The number of carbonyl (C=O) groups excluding carboxylic acids is 3. The monoisotopic (exact) mass is 779 g/mol. The summed E-state index contributed by atoms with van der Waals surface area (Å²) in [6, 6.07) is 23.8. The molecule has 0 aliphatic carbocycles. The molecule has 0 aromatic heterocycles. The molecule has 3 aromatic rings. The van der Waals surface area contributed by atoms with Crippen molar-refractivity contribution in [3.05, 3.63) is 102 Å². The lowest BCUT2D eigenvalue weighted by Crippen LogP contribution is -2.48. The van der Waals surface area contributed by atoms with Crippen molar-refractivity contribution in [3.63, 3.8) is 0 Å². The van der Waals surface area contributed by atoms with Gasteiger partial charge >= 0.3 is 29.9 Å². The number of β-amino-alcohol motifs (C(OH)–C–C–N with tert-alkyl or cyclic N) is 1. The van der Waals surface area contributed by atoms with Crippen molar-refractivity contribution in [1.82, 2.24) is 14.7 Å². The number of likely N-dealkylation sites (N-methyl/N-ethyl adjacent to an activating group) is 1. The molecule has 0 bridgehead atoms. The number of carboxylic acids is 2. The maximum atomic E-state index is 12.6. The second-order valence-electron chi connectivity index (χ2n) is 13.7. The third kappa shape index (κ3) is 13.1. The molecular weight excluding hydrogens is 726 g/mol. The van der Waals surface area contributed by atoms with E-state index in [0.717, 1.165) is 51.2 Å². The minimum atomic E-state index is -2.21. The number of esters is 2. The fourth-order valence-electron chi connectivity index (χ4n) is 6.61. The minimum Gasteiger partial charge on any atom is -0.497 e. The maximum Gasteiger partial charge on any atom is 0.349 e. The number of piperidine rings is 1. The van der Waals surface area contributed by atoms with Gasteiger partial charge in [-0.25, -0.2) is 24.0 Å². The lowest BCUT2D eigenvalue weighted by molar-refractivity contribution is -0.166. The number of rotatable bonds is 14. The van der Waals surface area contributed by atoms with Crippen molar-refractivity contribution in [2.45, 2.75) is 63.9 Å². The number of aliphatic carboxylic acids is 2. The van der Waals surface area contributed by atoms with E-state index < -0.39 is 36.1 Å². The van der Waals surface area contributed by atoms with E-state index in [1.165, 1.54) is 54.1 Å². The average molecular weight is 780 g/mol. The number of hydrogen-bond acceptors (Lipinski definition) is 10. The van der Waals surface area contributed by atoms with Gasteiger partial charge in [-0.05, 0) is 87.0 Å². The summed E-state index contributed by atoms with van der Waals surface area (Å²) in [5.74, 6) is -4.09. The third-order valence-corrected chi connectivity index (χ3v) is 9.78.